The van der Waals surface area contributed by atoms with Crippen LogP contribution in [0.2, 0.25) is 0 Å². The van der Waals surface area contributed by atoms with Crippen molar-refractivity contribution in [2.75, 3.05) is 46.9 Å². The van der Waals surface area contributed by atoms with Crippen LogP contribution in [0.25, 0.3) is 0 Å². The lowest BCUT2D eigenvalue weighted by molar-refractivity contribution is 0.0502. The van der Waals surface area contributed by atoms with Crippen molar-refractivity contribution < 1.29 is 4.74 Å². The summed E-state index contributed by atoms with van der Waals surface area (Å²) in [7, 11) is 3.84. The minimum atomic E-state index is 0.439. The van der Waals surface area contributed by atoms with Gasteiger partial charge in [-0.1, -0.05) is 13.8 Å². The van der Waals surface area contributed by atoms with Crippen molar-refractivity contribution in [3.8, 4) is 0 Å². The fraction of sp³-hybridized carbons (Fsp3) is 1.00. The molecule has 0 bridgehead atoms. The number of rotatable bonds is 6. The standard InChI is InChI=1S/C13H28N2O/c1-13(2)11-15(7-5-9-16-4)8-6-12(13)10-14-3/h12,14H,5-11H2,1-4H3. The Labute approximate surface area is 101 Å². The molecular weight excluding hydrogens is 200 g/mol. The Morgan fingerprint density at radius 2 is 2.19 bits per heavy atom. The summed E-state index contributed by atoms with van der Waals surface area (Å²) in [6.45, 7) is 10.5. The second-order valence-electron chi connectivity index (χ2n) is 5.65. The van der Waals surface area contributed by atoms with Gasteiger partial charge in [-0.05, 0) is 44.3 Å². The van der Waals surface area contributed by atoms with Crippen LogP contribution in [0.15, 0.2) is 0 Å². The molecule has 0 spiro atoms. The van der Waals surface area contributed by atoms with Crippen molar-refractivity contribution >= 4 is 0 Å². The summed E-state index contributed by atoms with van der Waals surface area (Å²) in [4.78, 5) is 2.59. The van der Waals surface area contributed by atoms with Crippen LogP contribution in [0.1, 0.15) is 26.7 Å². The highest BCUT2D eigenvalue weighted by molar-refractivity contribution is 4.87. The predicted molar refractivity (Wildman–Crippen MR) is 68.7 cm³/mol. The lowest BCUT2D eigenvalue weighted by atomic mass is 9.74. The lowest BCUT2D eigenvalue weighted by Crippen LogP contribution is -2.48. The molecule has 96 valence electrons. The zero-order valence-electron chi connectivity index (χ0n) is 11.4. The molecule has 0 aromatic heterocycles. The van der Waals surface area contributed by atoms with Gasteiger partial charge in [-0.15, -0.1) is 0 Å². The Morgan fingerprint density at radius 1 is 1.44 bits per heavy atom. The van der Waals surface area contributed by atoms with Crippen LogP contribution in [0.5, 0.6) is 0 Å². The zero-order chi connectivity index (χ0) is 12.0. The zero-order valence-corrected chi connectivity index (χ0v) is 11.4. The molecule has 1 atom stereocenters. The molecule has 0 saturated carbocycles. The molecule has 3 heteroatoms. The SMILES string of the molecule is CNCC1CCN(CCCOC)CC1(C)C. The van der Waals surface area contributed by atoms with E-state index in [0.29, 0.717) is 5.41 Å². The number of likely N-dealkylation sites (tertiary alicyclic amines) is 1. The Hall–Kier alpha value is -0.120. The maximum atomic E-state index is 5.11. The van der Waals surface area contributed by atoms with Gasteiger partial charge in [0.25, 0.3) is 0 Å². The third kappa shape index (κ3) is 4.04. The molecule has 3 nitrogen and oxygen atoms in total. The summed E-state index contributed by atoms with van der Waals surface area (Å²) in [6.07, 6.45) is 2.48. The monoisotopic (exact) mass is 228 g/mol. The van der Waals surface area contributed by atoms with Crippen molar-refractivity contribution in [3.05, 3.63) is 0 Å². The van der Waals surface area contributed by atoms with Gasteiger partial charge in [-0.3, -0.25) is 0 Å². The average Bonchev–Trinajstić information content (AvgIpc) is 2.22. The number of nitrogens with zero attached hydrogens (tertiary/aromatic N) is 1. The van der Waals surface area contributed by atoms with E-state index in [2.05, 4.69) is 31.1 Å². The van der Waals surface area contributed by atoms with E-state index in [0.717, 1.165) is 25.5 Å². The number of hydrogen-bond donors (Lipinski definition) is 1. The summed E-state index contributed by atoms with van der Waals surface area (Å²) in [5.74, 6) is 0.816. The Kier molecular flexibility index (Phi) is 5.73. The maximum absolute atomic E-state index is 5.11. The number of hydrogen-bond acceptors (Lipinski definition) is 3. The molecule has 16 heavy (non-hydrogen) atoms. The first-order chi connectivity index (χ1) is 7.60. The Bertz CT molecular complexity index is 194. The molecular formula is C13H28N2O. The molecule has 0 amide bonds. The average molecular weight is 228 g/mol. The molecule has 0 aromatic rings. The van der Waals surface area contributed by atoms with Gasteiger partial charge in [0.05, 0.1) is 0 Å². The van der Waals surface area contributed by atoms with E-state index < -0.39 is 0 Å². The minimum absolute atomic E-state index is 0.439. The third-order valence-electron chi connectivity index (χ3n) is 3.80. The summed E-state index contributed by atoms with van der Waals surface area (Å²) >= 11 is 0. The molecule has 1 rings (SSSR count). The largest absolute Gasteiger partial charge is 0.385 e. The number of nitrogens with one attached hydrogen (secondary N) is 1. The Balaban J connectivity index is 2.35. The van der Waals surface area contributed by atoms with Gasteiger partial charge in [-0.25, -0.2) is 0 Å². The summed E-state index contributed by atoms with van der Waals surface area (Å²) in [5, 5.41) is 3.32. The van der Waals surface area contributed by atoms with Gasteiger partial charge < -0.3 is 15.0 Å². The van der Waals surface area contributed by atoms with Crippen LogP contribution in [0.4, 0.5) is 0 Å². The van der Waals surface area contributed by atoms with Crippen molar-refractivity contribution in [2.45, 2.75) is 26.7 Å². The molecule has 1 N–H and O–H groups in total. The molecule has 1 saturated heterocycles. The highest BCUT2D eigenvalue weighted by Crippen LogP contribution is 2.34. The van der Waals surface area contributed by atoms with Gasteiger partial charge in [0.1, 0.15) is 0 Å². The van der Waals surface area contributed by atoms with E-state index in [4.69, 9.17) is 4.74 Å². The van der Waals surface area contributed by atoms with E-state index in [1.165, 1.54) is 26.1 Å². The fourth-order valence-corrected chi connectivity index (χ4v) is 2.76. The normalized spacial score (nSPS) is 25.9. The highest BCUT2D eigenvalue weighted by Gasteiger charge is 2.34. The van der Waals surface area contributed by atoms with Gasteiger partial charge in [0, 0.05) is 26.8 Å². The van der Waals surface area contributed by atoms with Gasteiger partial charge in [0.2, 0.25) is 0 Å². The van der Waals surface area contributed by atoms with E-state index in [-0.39, 0.29) is 0 Å². The lowest BCUT2D eigenvalue weighted by Gasteiger charge is -2.44. The summed E-state index contributed by atoms with van der Waals surface area (Å²) < 4.78 is 5.11. The van der Waals surface area contributed by atoms with Gasteiger partial charge in [-0.2, -0.15) is 0 Å². The van der Waals surface area contributed by atoms with Crippen LogP contribution in [-0.4, -0.2) is 51.8 Å². The number of piperidine rings is 1. The molecule has 0 aromatic carbocycles. The second kappa shape index (κ2) is 6.58. The van der Waals surface area contributed by atoms with Crippen molar-refractivity contribution in [2.24, 2.45) is 11.3 Å². The first-order valence-corrected chi connectivity index (χ1v) is 6.46. The van der Waals surface area contributed by atoms with E-state index >= 15 is 0 Å². The predicted octanol–water partition coefficient (Wildman–Crippen LogP) is 1.59. The van der Waals surface area contributed by atoms with E-state index in [1.807, 2.05) is 0 Å². The van der Waals surface area contributed by atoms with Crippen LogP contribution in [0, 0.1) is 11.3 Å². The first kappa shape index (κ1) is 13.9. The van der Waals surface area contributed by atoms with E-state index in [1.54, 1.807) is 7.11 Å². The molecule has 1 aliphatic heterocycles. The van der Waals surface area contributed by atoms with Crippen LogP contribution < -0.4 is 5.32 Å². The maximum Gasteiger partial charge on any atom is 0.0474 e. The molecule has 1 aliphatic rings. The quantitative estimate of drug-likeness (QED) is 0.699. The molecule has 1 unspecified atom stereocenters. The first-order valence-electron chi connectivity index (χ1n) is 6.46. The Morgan fingerprint density at radius 3 is 2.75 bits per heavy atom. The third-order valence-corrected chi connectivity index (χ3v) is 3.80. The van der Waals surface area contributed by atoms with Crippen molar-refractivity contribution in [3.63, 3.8) is 0 Å². The number of methoxy groups -OCH3 is 1. The molecule has 0 aliphatic carbocycles. The topological polar surface area (TPSA) is 24.5 Å². The molecule has 1 fully saturated rings. The smallest absolute Gasteiger partial charge is 0.0474 e. The van der Waals surface area contributed by atoms with Crippen LogP contribution in [-0.2, 0) is 4.74 Å². The highest BCUT2D eigenvalue weighted by atomic mass is 16.5. The van der Waals surface area contributed by atoms with Crippen LogP contribution >= 0.6 is 0 Å². The number of ether oxygens (including phenoxy) is 1. The van der Waals surface area contributed by atoms with Crippen molar-refractivity contribution in [1.29, 1.82) is 0 Å². The fourth-order valence-electron chi connectivity index (χ4n) is 2.76. The molecule has 0 radical (unpaired) electrons. The van der Waals surface area contributed by atoms with E-state index in [9.17, 15) is 0 Å². The second-order valence-corrected chi connectivity index (χ2v) is 5.65. The minimum Gasteiger partial charge on any atom is -0.385 e. The van der Waals surface area contributed by atoms with Crippen LogP contribution in [0.3, 0.4) is 0 Å². The molecule has 1 heterocycles. The van der Waals surface area contributed by atoms with Crippen molar-refractivity contribution in [1.82, 2.24) is 10.2 Å². The summed E-state index contributed by atoms with van der Waals surface area (Å²) in [6, 6.07) is 0. The van der Waals surface area contributed by atoms with Gasteiger partial charge in [0.15, 0.2) is 0 Å². The summed E-state index contributed by atoms with van der Waals surface area (Å²) in [5.41, 5.74) is 0.439. The van der Waals surface area contributed by atoms with Gasteiger partial charge >= 0.3 is 0 Å².